The molecule has 156 valence electrons. The number of rotatable bonds is 8. The second-order valence-corrected chi connectivity index (χ2v) is 8.68. The summed E-state index contributed by atoms with van der Waals surface area (Å²) in [4.78, 5) is 16.8. The van der Waals surface area contributed by atoms with E-state index >= 15 is 0 Å². The summed E-state index contributed by atoms with van der Waals surface area (Å²) in [5, 5.41) is 0.396. The van der Waals surface area contributed by atoms with Crippen LogP contribution in [0.2, 0.25) is 5.02 Å². The quantitative estimate of drug-likeness (QED) is 0.383. The van der Waals surface area contributed by atoms with E-state index in [1.54, 1.807) is 36.5 Å². The summed E-state index contributed by atoms with van der Waals surface area (Å²) >= 11 is 6.07. The molecule has 6 nitrogen and oxygen atoms in total. The fourth-order valence-corrected chi connectivity index (χ4v) is 4.03. The highest BCUT2D eigenvalue weighted by Crippen LogP contribution is 2.30. The van der Waals surface area contributed by atoms with E-state index in [1.165, 1.54) is 30.5 Å². The van der Waals surface area contributed by atoms with Crippen molar-refractivity contribution in [3.05, 3.63) is 77.6 Å². The fourth-order valence-electron chi connectivity index (χ4n) is 2.78. The maximum absolute atomic E-state index is 12.7. The number of carbonyl (C=O) groups excluding carboxylic acids is 1. The van der Waals surface area contributed by atoms with E-state index in [2.05, 4.69) is 9.71 Å². The number of aromatic nitrogens is 1. The topological polar surface area (TPSA) is 85.4 Å². The first kappa shape index (κ1) is 21.8. The minimum absolute atomic E-state index is 0.138. The van der Waals surface area contributed by atoms with Crippen LogP contribution < -0.4 is 4.72 Å². The van der Waals surface area contributed by atoms with Gasteiger partial charge in [-0.05, 0) is 48.4 Å². The lowest BCUT2D eigenvalue weighted by Crippen LogP contribution is -2.14. The van der Waals surface area contributed by atoms with E-state index in [0.717, 1.165) is 12.8 Å². The highest BCUT2D eigenvalue weighted by molar-refractivity contribution is 7.92. The van der Waals surface area contributed by atoms with Crippen molar-refractivity contribution in [2.75, 3.05) is 11.3 Å². The van der Waals surface area contributed by atoms with E-state index < -0.39 is 16.0 Å². The molecule has 0 saturated carbocycles. The van der Waals surface area contributed by atoms with Crippen molar-refractivity contribution in [2.24, 2.45) is 0 Å². The molecule has 8 heteroatoms. The minimum Gasteiger partial charge on any atom is -0.462 e. The first-order valence-electron chi connectivity index (χ1n) is 9.40. The predicted octanol–water partition coefficient (Wildman–Crippen LogP) is 5.16. The molecule has 0 atom stereocenters. The van der Waals surface area contributed by atoms with Gasteiger partial charge in [0.05, 0.1) is 22.1 Å². The standard InChI is InChI=1S/C22H21ClN2O4S/c1-2-3-11-29-22(26)20-10-9-18(13-21(20)16-12-17(23)15-24-14-16)25-30(27,28)19-7-5-4-6-8-19/h4-10,12-15,25H,2-3,11H2,1H3. The van der Waals surface area contributed by atoms with Crippen LogP contribution in [0.1, 0.15) is 30.1 Å². The molecule has 0 aliphatic carbocycles. The van der Waals surface area contributed by atoms with Crippen LogP contribution in [0.4, 0.5) is 5.69 Å². The molecule has 0 spiro atoms. The molecule has 3 aromatic rings. The van der Waals surface area contributed by atoms with Gasteiger partial charge in [0.2, 0.25) is 0 Å². The van der Waals surface area contributed by atoms with Crippen molar-refractivity contribution in [1.82, 2.24) is 4.98 Å². The Labute approximate surface area is 180 Å². The van der Waals surface area contributed by atoms with Crippen LogP contribution in [-0.2, 0) is 14.8 Å². The zero-order valence-electron chi connectivity index (χ0n) is 16.3. The first-order chi connectivity index (χ1) is 14.4. The van der Waals surface area contributed by atoms with Crippen LogP contribution in [0.25, 0.3) is 11.1 Å². The van der Waals surface area contributed by atoms with Gasteiger partial charge in [0, 0.05) is 23.6 Å². The lowest BCUT2D eigenvalue weighted by atomic mass is 10.0. The minimum atomic E-state index is -3.78. The summed E-state index contributed by atoms with van der Waals surface area (Å²) < 4.78 is 33.2. The predicted molar refractivity (Wildman–Crippen MR) is 117 cm³/mol. The third kappa shape index (κ3) is 5.37. The number of carbonyl (C=O) groups is 1. The third-order valence-electron chi connectivity index (χ3n) is 4.29. The number of hydrogen-bond donors (Lipinski definition) is 1. The molecule has 0 amide bonds. The molecule has 3 rings (SSSR count). The monoisotopic (exact) mass is 444 g/mol. The van der Waals surface area contributed by atoms with Crippen molar-refractivity contribution >= 4 is 33.3 Å². The Bertz CT molecular complexity index is 1130. The van der Waals surface area contributed by atoms with Gasteiger partial charge in [0.25, 0.3) is 10.0 Å². The number of anilines is 1. The summed E-state index contributed by atoms with van der Waals surface area (Å²) in [6.07, 6.45) is 4.69. The van der Waals surface area contributed by atoms with E-state index in [9.17, 15) is 13.2 Å². The van der Waals surface area contributed by atoms with Crippen LogP contribution in [0.3, 0.4) is 0 Å². The molecule has 1 aromatic heterocycles. The first-order valence-corrected chi connectivity index (χ1v) is 11.3. The smallest absolute Gasteiger partial charge is 0.338 e. The Morgan fingerprint density at radius 2 is 1.87 bits per heavy atom. The van der Waals surface area contributed by atoms with E-state index in [1.807, 2.05) is 6.92 Å². The molecule has 0 radical (unpaired) electrons. The number of unbranched alkanes of at least 4 members (excludes halogenated alkanes) is 1. The Balaban J connectivity index is 1.99. The number of halogens is 1. The number of hydrogen-bond acceptors (Lipinski definition) is 5. The van der Waals surface area contributed by atoms with E-state index in [0.29, 0.717) is 34.0 Å². The maximum Gasteiger partial charge on any atom is 0.338 e. The van der Waals surface area contributed by atoms with Gasteiger partial charge in [-0.25, -0.2) is 13.2 Å². The lowest BCUT2D eigenvalue weighted by Gasteiger charge is -2.14. The van der Waals surface area contributed by atoms with E-state index in [4.69, 9.17) is 16.3 Å². The highest BCUT2D eigenvalue weighted by Gasteiger charge is 2.19. The second-order valence-electron chi connectivity index (χ2n) is 6.56. The molecular formula is C22H21ClN2O4S. The average molecular weight is 445 g/mol. The molecule has 1 heterocycles. The SMILES string of the molecule is CCCCOC(=O)c1ccc(NS(=O)(=O)c2ccccc2)cc1-c1cncc(Cl)c1. The number of esters is 1. The number of pyridine rings is 1. The second kappa shape index (κ2) is 9.73. The molecule has 30 heavy (non-hydrogen) atoms. The number of sulfonamides is 1. The van der Waals surface area contributed by atoms with Crippen molar-refractivity contribution in [3.63, 3.8) is 0 Å². The largest absolute Gasteiger partial charge is 0.462 e. The average Bonchev–Trinajstić information content (AvgIpc) is 2.74. The van der Waals surface area contributed by atoms with Crippen LogP contribution >= 0.6 is 11.6 Å². The van der Waals surface area contributed by atoms with Gasteiger partial charge in [-0.1, -0.05) is 43.1 Å². The Hall–Kier alpha value is -2.90. The van der Waals surface area contributed by atoms with Crippen molar-refractivity contribution in [2.45, 2.75) is 24.7 Å². The molecule has 0 aliphatic rings. The normalized spacial score (nSPS) is 11.1. The van der Waals surface area contributed by atoms with Crippen molar-refractivity contribution in [1.29, 1.82) is 0 Å². The molecular weight excluding hydrogens is 424 g/mol. The van der Waals surface area contributed by atoms with Gasteiger partial charge in [0.15, 0.2) is 0 Å². The molecule has 1 N–H and O–H groups in total. The van der Waals surface area contributed by atoms with Gasteiger partial charge in [-0.15, -0.1) is 0 Å². The molecule has 0 bridgehead atoms. The molecule has 0 unspecified atom stereocenters. The third-order valence-corrected chi connectivity index (χ3v) is 5.90. The van der Waals surface area contributed by atoms with Gasteiger partial charge in [0.1, 0.15) is 0 Å². The Morgan fingerprint density at radius 1 is 1.10 bits per heavy atom. The Kier molecular flexibility index (Phi) is 7.07. The Morgan fingerprint density at radius 3 is 2.57 bits per heavy atom. The lowest BCUT2D eigenvalue weighted by molar-refractivity contribution is 0.0500. The number of benzene rings is 2. The maximum atomic E-state index is 12.7. The van der Waals surface area contributed by atoms with Crippen LogP contribution in [0.15, 0.2) is 71.9 Å². The fraction of sp³-hybridized carbons (Fsp3) is 0.182. The van der Waals surface area contributed by atoms with Crippen LogP contribution in [0, 0.1) is 0 Å². The number of nitrogens with one attached hydrogen (secondary N) is 1. The molecule has 0 saturated heterocycles. The number of ether oxygens (including phenoxy) is 1. The van der Waals surface area contributed by atoms with Crippen molar-refractivity contribution < 1.29 is 17.9 Å². The molecule has 2 aromatic carbocycles. The summed E-state index contributed by atoms with van der Waals surface area (Å²) in [6.45, 7) is 2.31. The summed E-state index contributed by atoms with van der Waals surface area (Å²) in [5.41, 5.74) is 1.65. The van der Waals surface area contributed by atoms with Crippen molar-refractivity contribution in [3.8, 4) is 11.1 Å². The van der Waals surface area contributed by atoms with Crippen LogP contribution in [-0.4, -0.2) is 26.0 Å². The van der Waals surface area contributed by atoms with Gasteiger partial charge >= 0.3 is 5.97 Å². The zero-order chi connectivity index (χ0) is 21.6. The zero-order valence-corrected chi connectivity index (χ0v) is 17.9. The number of nitrogens with zero attached hydrogens (tertiary/aromatic N) is 1. The van der Waals surface area contributed by atoms with Gasteiger partial charge in [-0.3, -0.25) is 9.71 Å². The highest BCUT2D eigenvalue weighted by atomic mass is 35.5. The summed E-state index contributed by atoms with van der Waals surface area (Å²) in [7, 11) is -3.78. The molecule has 0 aliphatic heterocycles. The van der Waals surface area contributed by atoms with Gasteiger partial charge < -0.3 is 4.74 Å². The molecule has 0 fully saturated rings. The summed E-state index contributed by atoms with van der Waals surface area (Å²) in [5.74, 6) is -0.490. The van der Waals surface area contributed by atoms with Crippen LogP contribution in [0.5, 0.6) is 0 Å². The van der Waals surface area contributed by atoms with Gasteiger partial charge in [-0.2, -0.15) is 0 Å². The van der Waals surface area contributed by atoms with E-state index in [-0.39, 0.29) is 4.90 Å². The summed E-state index contributed by atoms with van der Waals surface area (Å²) in [6, 6.07) is 14.3.